The third kappa shape index (κ3) is 3.60. The Kier molecular flexibility index (Phi) is 4.79. The van der Waals surface area contributed by atoms with Crippen LogP contribution in [0.15, 0.2) is 12.3 Å². The first-order valence-electron chi connectivity index (χ1n) is 6.98. The minimum Gasteiger partial charge on any atom is -0.478 e. The van der Waals surface area contributed by atoms with Gasteiger partial charge in [0.05, 0.1) is 11.3 Å². The Hall–Kier alpha value is -1.82. The van der Waals surface area contributed by atoms with Crippen LogP contribution in [0.25, 0.3) is 0 Å². The van der Waals surface area contributed by atoms with Crippen molar-refractivity contribution in [1.29, 1.82) is 0 Å². The van der Waals surface area contributed by atoms with E-state index in [1.54, 1.807) is 0 Å². The highest BCUT2D eigenvalue weighted by molar-refractivity contribution is 5.96. The highest BCUT2D eigenvalue weighted by atomic mass is 16.4. The van der Waals surface area contributed by atoms with Crippen LogP contribution in [-0.2, 0) is 0 Å². The van der Waals surface area contributed by atoms with Crippen molar-refractivity contribution in [2.45, 2.75) is 19.3 Å². The number of aromatic nitrogens is 1. The number of carboxylic acid groups (broad SMARTS) is 1. The number of hydrogen-bond donors (Lipinski definition) is 3. The summed E-state index contributed by atoms with van der Waals surface area (Å²) < 4.78 is 0. The number of nitrogens with two attached hydrogens (primary N) is 1. The molecule has 1 fully saturated rings. The van der Waals surface area contributed by atoms with Crippen LogP contribution < -0.4 is 11.1 Å². The van der Waals surface area contributed by atoms with Crippen LogP contribution in [0.3, 0.4) is 0 Å². The maximum absolute atomic E-state index is 11.0. The van der Waals surface area contributed by atoms with Crippen molar-refractivity contribution in [3.8, 4) is 0 Å². The number of nitrogen functional groups attached to an aromatic ring is 1. The molecule has 6 heteroatoms. The fourth-order valence-corrected chi connectivity index (χ4v) is 2.55. The molecule has 0 spiro atoms. The first-order chi connectivity index (χ1) is 9.58. The van der Waals surface area contributed by atoms with Crippen LogP contribution in [0.5, 0.6) is 0 Å². The first kappa shape index (κ1) is 14.6. The third-order valence-electron chi connectivity index (χ3n) is 3.90. The summed E-state index contributed by atoms with van der Waals surface area (Å²) in [6, 6.07) is 1.42. The molecule has 1 saturated heterocycles. The van der Waals surface area contributed by atoms with Crippen LogP contribution in [0.1, 0.15) is 29.6 Å². The van der Waals surface area contributed by atoms with E-state index >= 15 is 0 Å². The van der Waals surface area contributed by atoms with Gasteiger partial charge in [-0.1, -0.05) is 0 Å². The van der Waals surface area contributed by atoms with Crippen molar-refractivity contribution >= 4 is 17.5 Å². The molecule has 0 bridgehead atoms. The van der Waals surface area contributed by atoms with Gasteiger partial charge in [0.1, 0.15) is 5.82 Å². The zero-order chi connectivity index (χ0) is 14.5. The zero-order valence-electron chi connectivity index (χ0n) is 11.8. The van der Waals surface area contributed by atoms with Gasteiger partial charge in [-0.2, -0.15) is 0 Å². The minimum absolute atomic E-state index is 0.0989. The maximum atomic E-state index is 11.0. The molecule has 2 heterocycles. The fourth-order valence-electron chi connectivity index (χ4n) is 2.55. The lowest BCUT2D eigenvalue weighted by atomic mass is 9.94. The summed E-state index contributed by atoms with van der Waals surface area (Å²) in [5.41, 5.74) is 6.12. The van der Waals surface area contributed by atoms with Gasteiger partial charge < -0.3 is 21.1 Å². The average molecular weight is 278 g/mol. The van der Waals surface area contributed by atoms with Gasteiger partial charge in [0.15, 0.2) is 0 Å². The van der Waals surface area contributed by atoms with Gasteiger partial charge in [-0.15, -0.1) is 0 Å². The maximum Gasteiger partial charge on any atom is 0.337 e. The number of piperidine rings is 1. The number of likely N-dealkylation sites (tertiary alicyclic amines) is 1. The van der Waals surface area contributed by atoms with E-state index in [0.717, 1.165) is 32.0 Å². The van der Waals surface area contributed by atoms with Crippen molar-refractivity contribution in [3.05, 3.63) is 17.8 Å². The first-order valence-corrected chi connectivity index (χ1v) is 6.98. The standard InChI is InChI=1S/C14H22N4O2/c1-18-8-4-10(5-9-18)2-6-16-13-12(15)11(14(19)20)3-7-17-13/h3,7,10H,2,4-6,8-9,15H2,1H3,(H,16,17)(H,19,20). The van der Waals surface area contributed by atoms with Gasteiger partial charge in [-0.05, 0) is 51.4 Å². The van der Waals surface area contributed by atoms with Crippen molar-refractivity contribution in [3.63, 3.8) is 0 Å². The van der Waals surface area contributed by atoms with Crippen LogP contribution in [0.2, 0.25) is 0 Å². The lowest BCUT2D eigenvalue weighted by molar-refractivity contribution is 0.0698. The van der Waals surface area contributed by atoms with Gasteiger partial charge >= 0.3 is 5.97 Å². The summed E-state index contributed by atoms with van der Waals surface area (Å²) in [5, 5.41) is 12.2. The summed E-state index contributed by atoms with van der Waals surface area (Å²) in [7, 11) is 2.15. The molecular weight excluding hydrogens is 256 g/mol. The van der Waals surface area contributed by atoms with Crippen LogP contribution in [0.4, 0.5) is 11.5 Å². The molecule has 0 amide bonds. The van der Waals surface area contributed by atoms with E-state index in [0.29, 0.717) is 5.82 Å². The molecule has 1 aliphatic rings. The Bertz CT molecular complexity index is 470. The molecule has 0 atom stereocenters. The zero-order valence-corrected chi connectivity index (χ0v) is 11.8. The van der Waals surface area contributed by atoms with Crippen LogP contribution in [-0.4, -0.2) is 47.6 Å². The van der Waals surface area contributed by atoms with Gasteiger partial charge in [0.25, 0.3) is 0 Å². The lowest BCUT2D eigenvalue weighted by Gasteiger charge is -2.28. The fraction of sp³-hybridized carbons (Fsp3) is 0.571. The monoisotopic (exact) mass is 278 g/mol. The van der Waals surface area contributed by atoms with E-state index in [4.69, 9.17) is 10.8 Å². The molecule has 1 aromatic heterocycles. The van der Waals surface area contributed by atoms with Crippen molar-refractivity contribution in [1.82, 2.24) is 9.88 Å². The number of nitrogens with zero attached hydrogens (tertiary/aromatic N) is 2. The summed E-state index contributed by atoms with van der Waals surface area (Å²) in [5.74, 6) is 0.170. The molecule has 110 valence electrons. The SMILES string of the molecule is CN1CCC(CCNc2nccc(C(=O)O)c2N)CC1. The smallest absolute Gasteiger partial charge is 0.337 e. The Balaban J connectivity index is 1.85. The summed E-state index contributed by atoms with van der Waals surface area (Å²) in [4.78, 5) is 17.4. The number of carbonyl (C=O) groups is 1. The molecule has 0 saturated carbocycles. The van der Waals surface area contributed by atoms with Crippen LogP contribution in [0, 0.1) is 5.92 Å². The Morgan fingerprint density at radius 1 is 1.55 bits per heavy atom. The second kappa shape index (κ2) is 6.56. The van der Waals surface area contributed by atoms with Gasteiger partial charge in [-0.25, -0.2) is 9.78 Å². The molecule has 0 aromatic carbocycles. The number of rotatable bonds is 5. The highest BCUT2D eigenvalue weighted by Crippen LogP contribution is 2.22. The van der Waals surface area contributed by atoms with Gasteiger partial charge in [0.2, 0.25) is 0 Å². The molecule has 0 radical (unpaired) electrons. The highest BCUT2D eigenvalue weighted by Gasteiger charge is 2.17. The largest absolute Gasteiger partial charge is 0.478 e. The Labute approximate surface area is 119 Å². The topological polar surface area (TPSA) is 91.5 Å². The summed E-state index contributed by atoms with van der Waals surface area (Å²) in [6.45, 7) is 3.08. The number of nitrogens with one attached hydrogen (secondary N) is 1. The molecule has 20 heavy (non-hydrogen) atoms. The Morgan fingerprint density at radius 3 is 2.90 bits per heavy atom. The molecule has 6 nitrogen and oxygen atoms in total. The predicted octanol–water partition coefficient (Wildman–Crippen LogP) is 1.51. The normalized spacial score (nSPS) is 17.1. The van der Waals surface area contributed by atoms with E-state index in [2.05, 4.69) is 22.2 Å². The molecule has 1 aliphatic heterocycles. The lowest BCUT2D eigenvalue weighted by Crippen LogP contribution is -2.30. The summed E-state index contributed by atoms with van der Waals surface area (Å²) >= 11 is 0. The van der Waals surface area contributed by atoms with Crippen molar-refractivity contribution in [2.24, 2.45) is 5.92 Å². The number of aromatic carboxylic acids is 1. The third-order valence-corrected chi connectivity index (χ3v) is 3.90. The second-order valence-electron chi connectivity index (χ2n) is 5.39. The van der Waals surface area contributed by atoms with Crippen molar-refractivity contribution in [2.75, 3.05) is 37.7 Å². The number of hydrogen-bond acceptors (Lipinski definition) is 5. The summed E-state index contributed by atoms with van der Waals surface area (Å²) in [6.07, 6.45) is 4.97. The molecule has 1 aromatic rings. The minimum atomic E-state index is -1.02. The average Bonchev–Trinajstić information content (AvgIpc) is 2.42. The van der Waals surface area contributed by atoms with Gasteiger partial charge in [-0.3, -0.25) is 0 Å². The van der Waals surface area contributed by atoms with E-state index in [1.807, 2.05) is 0 Å². The van der Waals surface area contributed by atoms with E-state index in [9.17, 15) is 4.79 Å². The van der Waals surface area contributed by atoms with Gasteiger partial charge in [0, 0.05) is 12.7 Å². The number of pyridine rings is 1. The quantitative estimate of drug-likeness (QED) is 0.756. The van der Waals surface area contributed by atoms with Crippen LogP contribution >= 0.6 is 0 Å². The van der Waals surface area contributed by atoms with E-state index in [1.165, 1.54) is 25.1 Å². The van der Waals surface area contributed by atoms with E-state index < -0.39 is 5.97 Å². The second-order valence-corrected chi connectivity index (χ2v) is 5.39. The molecular formula is C14H22N4O2. The van der Waals surface area contributed by atoms with E-state index in [-0.39, 0.29) is 11.3 Å². The van der Waals surface area contributed by atoms with Crippen molar-refractivity contribution < 1.29 is 9.90 Å². The number of carboxylic acids is 1. The Morgan fingerprint density at radius 2 is 2.25 bits per heavy atom. The molecule has 0 unspecified atom stereocenters. The molecule has 4 N–H and O–H groups in total. The number of anilines is 2. The molecule has 2 rings (SSSR count). The molecule has 0 aliphatic carbocycles. The predicted molar refractivity (Wildman–Crippen MR) is 78.9 cm³/mol.